The minimum absolute atomic E-state index is 0.00849. The number of rotatable bonds is 4. The van der Waals surface area contributed by atoms with E-state index >= 15 is 0 Å². The Morgan fingerprint density at radius 1 is 1.27 bits per heavy atom. The fraction of sp³-hybridized carbons (Fsp3) is 0.200. The summed E-state index contributed by atoms with van der Waals surface area (Å²) in [5.74, 6) is -0.977. The maximum Gasteiger partial charge on any atom is 0.336 e. The molecule has 0 atom stereocenters. The van der Waals surface area contributed by atoms with Crippen molar-refractivity contribution < 1.29 is 14.7 Å². The number of hydrogen-bond acceptors (Lipinski definition) is 3. The second-order valence-corrected chi connectivity index (χ2v) is 3.28. The van der Waals surface area contributed by atoms with Crippen molar-refractivity contribution in [3.8, 4) is 0 Å². The molecule has 4 nitrogen and oxygen atoms in total. The third-order valence-electron chi connectivity index (χ3n) is 1.80. The molecule has 0 aliphatic heterocycles. The molecule has 1 aromatic carbocycles. The Labute approximate surface area is 92.7 Å². The molecule has 0 aromatic heterocycles. The number of amides is 1. The molecule has 0 aliphatic rings. The lowest BCUT2D eigenvalue weighted by atomic mass is 10.1. The summed E-state index contributed by atoms with van der Waals surface area (Å²) in [5.41, 5.74) is 0.181. The van der Waals surface area contributed by atoms with Crippen LogP contribution in [0.4, 0.5) is 0 Å². The quantitative estimate of drug-likeness (QED) is 0.671. The monoisotopic (exact) mass is 225 g/mol. The third-order valence-corrected chi connectivity index (χ3v) is 2.02. The van der Waals surface area contributed by atoms with Gasteiger partial charge in [-0.2, -0.15) is 12.6 Å². The summed E-state index contributed by atoms with van der Waals surface area (Å²) in [6, 6.07) is 6.09. The molecule has 2 N–H and O–H groups in total. The predicted molar refractivity (Wildman–Crippen MR) is 59.6 cm³/mol. The molecule has 15 heavy (non-hydrogen) atoms. The van der Waals surface area contributed by atoms with Crippen LogP contribution in [0.3, 0.4) is 0 Å². The van der Waals surface area contributed by atoms with Gasteiger partial charge in [0.2, 0.25) is 0 Å². The average Bonchev–Trinajstić information content (AvgIpc) is 2.25. The molecule has 5 heteroatoms. The van der Waals surface area contributed by atoms with E-state index in [-0.39, 0.29) is 17.0 Å². The van der Waals surface area contributed by atoms with Gasteiger partial charge in [0.1, 0.15) is 0 Å². The van der Waals surface area contributed by atoms with Crippen LogP contribution in [0.1, 0.15) is 20.7 Å². The van der Waals surface area contributed by atoms with E-state index in [0.717, 1.165) is 0 Å². The van der Waals surface area contributed by atoms with Crippen molar-refractivity contribution in [2.75, 3.05) is 12.3 Å². The number of thiol groups is 1. The highest BCUT2D eigenvalue weighted by Crippen LogP contribution is 2.08. The Kier molecular flexibility index (Phi) is 4.17. The normalized spacial score (nSPS) is 9.67. The molecule has 0 saturated heterocycles. The molecule has 0 unspecified atom stereocenters. The van der Waals surface area contributed by atoms with Crippen LogP contribution in [0.15, 0.2) is 24.3 Å². The maximum atomic E-state index is 11.5. The van der Waals surface area contributed by atoms with E-state index in [2.05, 4.69) is 17.9 Å². The molecule has 0 bridgehead atoms. The van der Waals surface area contributed by atoms with Crippen molar-refractivity contribution in [1.29, 1.82) is 0 Å². The van der Waals surface area contributed by atoms with Crippen molar-refractivity contribution >= 4 is 24.5 Å². The van der Waals surface area contributed by atoms with E-state index < -0.39 is 5.97 Å². The molecule has 0 saturated carbocycles. The zero-order valence-corrected chi connectivity index (χ0v) is 8.83. The minimum atomic E-state index is -1.10. The molecule has 1 rings (SSSR count). The first kappa shape index (κ1) is 11.6. The lowest BCUT2D eigenvalue weighted by molar-refractivity contribution is 0.0691. The summed E-state index contributed by atoms with van der Waals surface area (Å²) in [5, 5.41) is 11.4. The number of hydrogen-bond donors (Lipinski definition) is 3. The molecule has 1 amide bonds. The number of carboxylic acids is 1. The number of aromatic carboxylic acids is 1. The molecular formula is C10H11NO3S. The van der Waals surface area contributed by atoms with Crippen LogP contribution in [0.2, 0.25) is 0 Å². The Morgan fingerprint density at radius 3 is 2.40 bits per heavy atom. The van der Waals surface area contributed by atoms with Crippen molar-refractivity contribution in [2.45, 2.75) is 0 Å². The molecule has 0 radical (unpaired) electrons. The number of carboxylic acid groups (broad SMARTS) is 1. The lowest BCUT2D eigenvalue weighted by Crippen LogP contribution is -2.27. The fourth-order valence-electron chi connectivity index (χ4n) is 1.13. The zero-order valence-electron chi connectivity index (χ0n) is 7.93. The summed E-state index contributed by atoms with van der Waals surface area (Å²) < 4.78 is 0. The Balaban J connectivity index is 2.92. The lowest BCUT2D eigenvalue weighted by Gasteiger charge is -2.05. The molecule has 0 heterocycles. The first-order chi connectivity index (χ1) is 7.16. The second-order valence-electron chi connectivity index (χ2n) is 2.83. The number of benzene rings is 1. The van der Waals surface area contributed by atoms with E-state index in [1.807, 2.05) is 0 Å². The van der Waals surface area contributed by atoms with Crippen LogP contribution in [0, 0.1) is 0 Å². The number of nitrogens with one attached hydrogen (secondary N) is 1. The first-order valence-electron chi connectivity index (χ1n) is 4.38. The third kappa shape index (κ3) is 2.99. The Hall–Kier alpha value is -1.49. The highest BCUT2D eigenvalue weighted by atomic mass is 32.1. The first-order valence-corrected chi connectivity index (χ1v) is 5.01. The second kappa shape index (κ2) is 5.41. The smallest absolute Gasteiger partial charge is 0.336 e. The van der Waals surface area contributed by atoms with Crippen molar-refractivity contribution in [3.05, 3.63) is 35.4 Å². The van der Waals surface area contributed by atoms with E-state index in [4.69, 9.17) is 5.11 Å². The summed E-state index contributed by atoms with van der Waals surface area (Å²) in [6.45, 7) is 0.413. The molecule has 0 aliphatic carbocycles. The van der Waals surface area contributed by atoms with Gasteiger partial charge in [-0.15, -0.1) is 0 Å². The maximum absolute atomic E-state index is 11.5. The van der Waals surface area contributed by atoms with Crippen molar-refractivity contribution in [3.63, 3.8) is 0 Å². The number of carbonyl (C=O) groups excluding carboxylic acids is 1. The SMILES string of the molecule is O=C(O)c1ccccc1C(=O)NCCS. The topological polar surface area (TPSA) is 66.4 Å². The molecule has 1 aromatic rings. The van der Waals surface area contributed by atoms with E-state index in [9.17, 15) is 9.59 Å². The summed E-state index contributed by atoms with van der Waals surface area (Å²) in [6.07, 6.45) is 0. The molecule has 80 valence electrons. The minimum Gasteiger partial charge on any atom is -0.478 e. The van der Waals surface area contributed by atoms with Gasteiger partial charge in [-0.25, -0.2) is 4.79 Å². The van der Waals surface area contributed by atoms with Crippen LogP contribution in [-0.4, -0.2) is 29.3 Å². The largest absolute Gasteiger partial charge is 0.478 e. The van der Waals surface area contributed by atoms with Gasteiger partial charge in [0.25, 0.3) is 5.91 Å². The van der Waals surface area contributed by atoms with E-state index in [1.165, 1.54) is 12.1 Å². The highest BCUT2D eigenvalue weighted by Gasteiger charge is 2.14. The van der Waals surface area contributed by atoms with Crippen LogP contribution in [-0.2, 0) is 0 Å². The van der Waals surface area contributed by atoms with Gasteiger partial charge in [0, 0.05) is 12.3 Å². The van der Waals surface area contributed by atoms with Gasteiger partial charge in [0.15, 0.2) is 0 Å². The molecule has 0 spiro atoms. The molecule has 0 fully saturated rings. The molecular weight excluding hydrogens is 214 g/mol. The zero-order chi connectivity index (χ0) is 11.3. The fourth-order valence-corrected chi connectivity index (χ4v) is 1.24. The Morgan fingerprint density at radius 2 is 1.87 bits per heavy atom. The van der Waals surface area contributed by atoms with E-state index in [0.29, 0.717) is 12.3 Å². The van der Waals surface area contributed by atoms with Crippen LogP contribution in [0.25, 0.3) is 0 Å². The standard InChI is InChI=1S/C10H11NO3S/c12-9(11-5-6-15)7-3-1-2-4-8(7)10(13)14/h1-4,15H,5-6H2,(H,11,12)(H,13,14). The van der Waals surface area contributed by atoms with E-state index in [1.54, 1.807) is 12.1 Å². The summed E-state index contributed by atoms with van der Waals surface area (Å²) in [7, 11) is 0. The van der Waals surface area contributed by atoms with Crippen molar-refractivity contribution in [1.82, 2.24) is 5.32 Å². The van der Waals surface area contributed by atoms with Crippen LogP contribution in [0.5, 0.6) is 0 Å². The summed E-state index contributed by atoms with van der Waals surface area (Å²) in [4.78, 5) is 22.3. The van der Waals surface area contributed by atoms with Gasteiger partial charge in [-0.3, -0.25) is 4.79 Å². The average molecular weight is 225 g/mol. The van der Waals surface area contributed by atoms with Crippen LogP contribution < -0.4 is 5.32 Å². The Bertz CT molecular complexity index is 379. The predicted octanol–water partition coefficient (Wildman–Crippen LogP) is 1.04. The van der Waals surface area contributed by atoms with Gasteiger partial charge >= 0.3 is 5.97 Å². The highest BCUT2D eigenvalue weighted by molar-refractivity contribution is 7.80. The van der Waals surface area contributed by atoms with Gasteiger partial charge in [0.05, 0.1) is 11.1 Å². The number of carbonyl (C=O) groups is 2. The van der Waals surface area contributed by atoms with Gasteiger partial charge in [-0.1, -0.05) is 12.1 Å². The van der Waals surface area contributed by atoms with Gasteiger partial charge < -0.3 is 10.4 Å². The van der Waals surface area contributed by atoms with Crippen molar-refractivity contribution in [2.24, 2.45) is 0 Å². The van der Waals surface area contributed by atoms with Gasteiger partial charge in [-0.05, 0) is 12.1 Å². The van der Waals surface area contributed by atoms with Crippen LogP contribution >= 0.6 is 12.6 Å². The summed E-state index contributed by atoms with van der Waals surface area (Å²) >= 11 is 3.94.